The van der Waals surface area contributed by atoms with Crippen LogP contribution >= 0.6 is 0 Å². The number of nitrogens with zero attached hydrogens (tertiary/aromatic N) is 3. The first-order chi connectivity index (χ1) is 12.8. The number of anilines is 1. The smallest absolute Gasteiger partial charge is 0.273 e. The minimum atomic E-state index is -0.830. The Morgan fingerprint density at radius 1 is 1.37 bits per heavy atom. The Morgan fingerprint density at radius 2 is 2.07 bits per heavy atom. The van der Waals surface area contributed by atoms with Gasteiger partial charge in [-0.05, 0) is 39.3 Å². The van der Waals surface area contributed by atoms with Crippen molar-refractivity contribution in [3.05, 3.63) is 24.0 Å². The van der Waals surface area contributed by atoms with E-state index in [2.05, 4.69) is 29.0 Å². The van der Waals surface area contributed by atoms with Crippen LogP contribution in [0.15, 0.2) is 18.3 Å². The Morgan fingerprint density at radius 3 is 2.74 bits per heavy atom. The highest BCUT2D eigenvalue weighted by atomic mass is 16.5. The topological polar surface area (TPSA) is 74.8 Å². The molecular formula is C20H30N4O3. The molecule has 2 amide bonds. The molecule has 0 aromatic carbocycles. The lowest BCUT2D eigenvalue weighted by atomic mass is 9.90. The minimum absolute atomic E-state index is 0.0871. The van der Waals surface area contributed by atoms with Gasteiger partial charge in [-0.15, -0.1) is 0 Å². The average Bonchev–Trinajstić information content (AvgIpc) is 2.63. The third kappa shape index (κ3) is 3.93. The fraction of sp³-hybridized carbons (Fsp3) is 0.650. The number of rotatable bonds is 4. The first-order valence-electron chi connectivity index (χ1n) is 9.82. The number of amides is 2. The first-order valence-corrected chi connectivity index (χ1v) is 9.82. The van der Waals surface area contributed by atoms with Crippen LogP contribution < -0.4 is 10.2 Å². The van der Waals surface area contributed by atoms with Gasteiger partial charge in [-0.2, -0.15) is 0 Å². The predicted octanol–water partition coefficient (Wildman–Crippen LogP) is 1.83. The van der Waals surface area contributed by atoms with Crippen LogP contribution in [0, 0.1) is 0 Å². The van der Waals surface area contributed by atoms with Crippen LogP contribution in [0.3, 0.4) is 0 Å². The second-order valence-electron chi connectivity index (χ2n) is 7.80. The third-order valence-electron chi connectivity index (χ3n) is 5.44. The molecule has 2 fully saturated rings. The number of carbonyl (C=O) groups is 2. The Kier molecular flexibility index (Phi) is 5.69. The summed E-state index contributed by atoms with van der Waals surface area (Å²) in [5, 5.41) is 2.89. The van der Waals surface area contributed by atoms with Gasteiger partial charge in [-0.3, -0.25) is 14.6 Å². The molecule has 27 heavy (non-hydrogen) atoms. The lowest BCUT2D eigenvalue weighted by molar-refractivity contribution is -0.134. The zero-order chi connectivity index (χ0) is 19.6. The van der Waals surface area contributed by atoms with Crippen LogP contribution in [0.5, 0.6) is 0 Å². The Labute approximate surface area is 161 Å². The minimum Gasteiger partial charge on any atom is -0.372 e. The lowest BCUT2D eigenvalue weighted by Crippen LogP contribution is -2.64. The van der Waals surface area contributed by atoms with Crippen molar-refractivity contribution in [2.24, 2.45) is 0 Å². The van der Waals surface area contributed by atoms with Crippen molar-refractivity contribution in [3.63, 3.8) is 0 Å². The van der Waals surface area contributed by atoms with Gasteiger partial charge >= 0.3 is 0 Å². The largest absolute Gasteiger partial charge is 0.372 e. The maximum Gasteiger partial charge on any atom is 0.273 e. The van der Waals surface area contributed by atoms with E-state index in [0.29, 0.717) is 25.2 Å². The molecular weight excluding hydrogens is 344 g/mol. The zero-order valence-corrected chi connectivity index (χ0v) is 16.7. The van der Waals surface area contributed by atoms with Crippen molar-refractivity contribution < 1.29 is 14.3 Å². The van der Waals surface area contributed by atoms with Crippen molar-refractivity contribution in [3.8, 4) is 0 Å². The van der Waals surface area contributed by atoms with Gasteiger partial charge in [0, 0.05) is 38.1 Å². The molecule has 3 atom stereocenters. The molecule has 1 aromatic heterocycles. The molecule has 0 saturated carbocycles. The maximum absolute atomic E-state index is 13.2. The second-order valence-corrected chi connectivity index (χ2v) is 7.80. The maximum atomic E-state index is 13.2. The molecule has 0 aliphatic carbocycles. The number of piperazine rings is 1. The van der Waals surface area contributed by atoms with E-state index in [1.54, 1.807) is 11.1 Å². The van der Waals surface area contributed by atoms with Crippen molar-refractivity contribution in [1.82, 2.24) is 15.2 Å². The highest BCUT2D eigenvalue weighted by Crippen LogP contribution is 2.27. The monoisotopic (exact) mass is 374 g/mol. The molecule has 148 valence electrons. The summed E-state index contributed by atoms with van der Waals surface area (Å²) in [7, 11) is 0. The molecule has 2 aliphatic rings. The van der Waals surface area contributed by atoms with E-state index in [1.807, 2.05) is 26.0 Å². The Hall–Kier alpha value is -2.15. The normalized spacial score (nSPS) is 28.8. The molecule has 7 nitrogen and oxygen atoms in total. The van der Waals surface area contributed by atoms with Gasteiger partial charge in [0.2, 0.25) is 5.91 Å². The molecule has 2 saturated heterocycles. The van der Waals surface area contributed by atoms with Crippen LogP contribution in [-0.2, 0) is 9.53 Å². The fourth-order valence-electron chi connectivity index (χ4n) is 4.16. The fourth-order valence-corrected chi connectivity index (χ4v) is 4.16. The molecule has 3 rings (SSSR count). The van der Waals surface area contributed by atoms with E-state index in [-0.39, 0.29) is 24.0 Å². The molecule has 1 aromatic rings. The van der Waals surface area contributed by atoms with E-state index in [1.165, 1.54) is 0 Å². The summed E-state index contributed by atoms with van der Waals surface area (Å²) in [6, 6.07) is 3.77. The molecule has 0 spiro atoms. The number of hydrogen-bond donors (Lipinski definition) is 1. The highest BCUT2D eigenvalue weighted by Gasteiger charge is 2.44. The highest BCUT2D eigenvalue weighted by molar-refractivity contribution is 5.99. The molecule has 0 bridgehead atoms. The summed E-state index contributed by atoms with van der Waals surface area (Å²) < 4.78 is 5.80. The van der Waals surface area contributed by atoms with E-state index < -0.39 is 5.54 Å². The summed E-state index contributed by atoms with van der Waals surface area (Å²) in [6.45, 7) is 10.5. The van der Waals surface area contributed by atoms with Gasteiger partial charge in [-0.1, -0.05) is 13.3 Å². The summed E-state index contributed by atoms with van der Waals surface area (Å²) >= 11 is 0. The first kappa shape index (κ1) is 19.6. The average molecular weight is 374 g/mol. The molecule has 1 N–H and O–H groups in total. The van der Waals surface area contributed by atoms with Crippen molar-refractivity contribution >= 4 is 17.5 Å². The Bertz CT molecular complexity index is 700. The molecule has 7 heteroatoms. The third-order valence-corrected chi connectivity index (χ3v) is 5.44. The quantitative estimate of drug-likeness (QED) is 0.870. The molecule has 0 radical (unpaired) electrons. The van der Waals surface area contributed by atoms with Crippen molar-refractivity contribution in [1.29, 1.82) is 0 Å². The molecule has 2 aliphatic heterocycles. The second kappa shape index (κ2) is 7.84. The van der Waals surface area contributed by atoms with Crippen LogP contribution in [0.4, 0.5) is 5.69 Å². The number of pyridine rings is 1. The number of hydrogen-bond acceptors (Lipinski definition) is 5. The number of morpholine rings is 1. The summed E-state index contributed by atoms with van der Waals surface area (Å²) in [5.74, 6) is -0.270. The molecule has 3 heterocycles. The van der Waals surface area contributed by atoms with E-state index in [9.17, 15) is 9.59 Å². The summed E-state index contributed by atoms with van der Waals surface area (Å²) in [6.07, 6.45) is 3.40. The van der Waals surface area contributed by atoms with Crippen LogP contribution in [-0.4, -0.2) is 65.6 Å². The van der Waals surface area contributed by atoms with E-state index >= 15 is 0 Å². The van der Waals surface area contributed by atoms with Gasteiger partial charge in [-0.25, -0.2) is 0 Å². The van der Waals surface area contributed by atoms with Gasteiger partial charge < -0.3 is 19.9 Å². The van der Waals surface area contributed by atoms with Crippen LogP contribution in [0.1, 0.15) is 51.0 Å². The van der Waals surface area contributed by atoms with E-state index in [4.69, 9.17) is 4.74 Å². The van der Waals surface area contributed by atoms with Gasteiger partial charge in [0.1, 0.15) is 11.2 Å². The predicted molar refractivity (Wildman–Crippen MR) is 104 cm³/mol. The number of nitrogens with one attached hydrogen (secondary N) is 1. The molecule has 0 unspecified atom stereocenters. The number of ether oxygens (including phenoxy) is 1. The number of aromatic nitrogens is 1. The van der Waals surface area contributed by atoms with Gasteiger partial charge in [0.25, 0.3) is 5.91 Å². The zero-order valence-electron chi connectivity index (χ0n) is 16.7. The van der Waals surface area contributed by atoms with Crippen molar-refractivity contribution in [2.75, 3.05) is 31.1 Å². The van der Waals surface area contributed by atoms with E-state index in [0.717, 1.165) is 25.2 Å². The summed E-state index contributed by atoms with van der Waals surface area (Å²) in [5.41, 5.74) is 0.523. The standard InChI is InChI=1S/C20H30N4O3/c1-5-7-20(4)19(26)22-9-10-24(20)18(25)17-11-16(6-8-21-17)23-12-14(2)27-15(3)13-23/h6,8,11,14-15H,5,7,9-10,12-13H2,1-4H3,(H,22,26)/t14-,15-,20+/m0/s1. The lowest BCUT2D eigenvalue weighted by Gasteiger charge is -2.43. The van der Waals surface area contributed by atoms with Crippen LogP contribution in [0.25, 0.3) is 0 Å². The van der Waals surface area contributed by atoms with Gasteiger partial charge in [0.05, 0.1) is 12.2 Å². The summed E-state index contributed by atoms with van der Waals surface area (Å²) in [4.78, 5) is 34.0. The van der Waals surface area contributed by atoms with Crippen molar-refractivity contribution in [2.45, 2.75) is 58.3 Å². The Balaban J connectivity index is 1.85. The number of carbonyl (C=O) groups excluding carboxylic acids is 2. The SMILES string of the molecule is CCC[C@]1(C)C(=O)NCCN1C(=O)c1cc(N2C[C@H](C)O[C@@H](C)C2)ccn1. The van der Waals surface area contributed by atoms with Crippen LogP contribution in [0.2, 0.25) is 0 Å². The van der Waals surface area contributed by atoms with Gasteiger partial charge in [0.15, 0.2) is 0 Å².